The summed E-state index contributed by atoms with van der Waals surface area (Å²) >= 11 is 1.50. The molecule has 122 valence electrons. The molecule has 3 N–H and O–H groups in total. The van der Waals surface area contributed by atoms with E-state index < -0.39 is 0 Å². The number of pyridine rings is 1. The van der Waals surface area contributed by atoms with Crippen molar-refractivity contribution in [3.63, 3.8) is 0 Å². The number of ether oxygens (including phenoxy) is 1. The first-order valence-electron chi connectivity index (χ1n) is 7.43. The number of thiophene rings is 1. The van der Waals surface area contributed by atoms with Gasteiger partial charge in [0.2, 0.25) is 0 Å². The Morgan fingerprint density at radius 3 is 2.88 bits per heavy atom. The number of hydrogen-bond donors (Lipinski definition) is 2. The molecule has 0 fully saturated rings. The number of rotatable bonds is 5. The zero-order valence-electron chi connectivity index (χ0n) is 13.2. The lowest BCUT2D eigenvalue weighted by molar-refractivity contribution is 0.0951. The van der Waals surface area contributed by atoms with E-state index in [2.05, 4.69) is 10.3 Å². The van der Waals surface area contributed by atoms with Crippen molar-refractivity contribution >= 4 is 23.1 Å². The highest BCUT2D eigenvalue weighted by Crippen LogP contribution is 2.29. The molecular formula is C18H17N3O2S. The molecule has 24 heavy (non-hydrogen) atoms. The van der Waals surface area contributed by atoms with Gasteiger partial charge in [0, 0.05) is 11.1 Å². The molecule has 2 heterocycles. The van der Waals surface area contributed by atoms with Gasteiger partial charge in [0.15, 0.2) is 5.06 Å². The Hall–Kier alpha value is -2.86. The number of aryl methyl sites for hydroxylation is 1. The van der Waals surface area contributed by atoms with Crippen molar-refractivity contribution in [3.05, 3.63) is 70.7 Å². The molecule has 0 radical (unpaired) electrons. The second-order valence-electron chi connectivity index (χ2n) is 5.29. The van der Waals surface area contributed by atoms with Crippen LogP contribution in [-0.4, -0.2) is 10.9 Å². The van der Waals surface area contributed by atoms with Crippen molar-refractivity contribution in [2.24, 2.45) is 0 Å². The predicted octanol–water partition coefficient (Wildman–Crippen LogP) is 3.76. The van der Waals surface area contributed by atoms with Gasteiger partial charge in [-0.2, -0.15) is 0 Å². The molecule has 1 amide bonds. The van der Waals surface area contributed by atoms with Gasteiger partial charge < -0.3 is 15.8 Å². The molecule has 0 aliphatic heterocycles. The SMILES string of the molecule is Cc1cccc(Oc2ccc(CNC(=O)c3ccc(N)nc3)s2)c1. The number of carbonyl (C=O) groups is 1. The fourth-order valence-corrected chi connectivity index (χ4v) is 2.92. The maximum atomic E-state index is 12.0. The third-order valence-electron chi connectivity index (χ3n) is 3.32. The van der Waals surface area contributed by atoms with Crippen molar-refractivity contribution in [1.82, 2.24) is 10.3 Å². The summed E-state index contributed by atoms with van der Waals surface area (Å²) < 4.78 is 5.83. The first kappa shape index (κ1) is 16.0. The minimum Gasteiger partial charge on any atom is -0.447 e. The summed E-state index contributed by atoms with van der Waals surface area (Å²) in [7, 11) is 0. The number of aromatic nitrogens is 1. The van der Waals surface area contributed by atoms with E-state index >= 15 is 0 Å². The molecule has 0 bridgehead atoms. The lowest BCUT2D eigenvalue weighted by Gasteiger charge is -2.04. The maximum Gasteiger partial charge on any atom is 0.253 e. The van der Waals surface area contributed by atoms with Crippen LogP contribution in [0.1, 0.15) is 20.8 Å². The van der Waals surface area contributed by atoms with Crippen LogP contribution in [0.3, 0.4) is 0 Å². The predicted molar refractivity (Wildman–Crippen MR) is 95.4 cm³/mol. The van der Waals surface area contributed by atoms with E-state index in [0.717, 1.165) is 21.3 Å². The Morgan fingerprint density at radius 1 is 1.25 bits per heavy atom. The molecule has 0 aliphatic rings. The van der Waals surface area contributed by atoms with Crippen molar-refractivity contribution < 1.29 is 9.53 Å². The average molecular weight is 339 g/mol. The van der Waals surface area contributed by atoms with Gasteiger partial charge in [-0.05, 0) is 48.9 Å². The Labute approximate surface area is 144 Å². The highest BCUT2D eigenvalue weighted by molar-refractivity contribution is 7.13. The summed E-state index contributed by atoms with van der Waals surface area (Å²) in [5.74, 6) is 1.01. The quantitative estimate of drug-likeness (QED) is 0.742. The van der Waals surface area contributed by atoms with Gasteiger partial charge >= 0.3 is 0 Å². The van der Waals surface area contributed by atoms with Crippen LogP contribution in [0.2, 0.25) is 0 Å². The Balaban J connectivity index is 1.58. The minimum absolute atomic E-state index is 0.183. The lowest BCUT2D eigenvalue weighted by atomic mass is 10.2. The summed E-state index contributed by atoms with van der Waals surface area (Å²) in [6.45, 7) is 2.46. The lowest BCUT2D eigenvalue weighted by Crippen LogP contribution is -2.22. The van der Waals surface area contributed by atoms with Crippen LogP contribution in [0.25, 0.3) is 0 Å². The maximum absolute atomic E-state index is 12.0. The first-order valence-corrected chi connectivity index (χ1v) is 8.25. The molecule has 0 unspecified atom stereocenters. The van der Waals surface area contributed by atoms with Crippen LogP contribution >= 0.6 is 11.3 Å². The fourth-order valence-electron chi connectivity index (χ4n) is 2.11. The Bertz CT molecular complexity index is 843. The zero-order valence-corrected chi connectivity index (χ0v) is 14.0. The number of carbonyl (C=O) groups excluding carboxylic acids is 1. The van der Waals surface area contributed by atoms with Gasteiger partial charge in [0.25, 0.3) is 5.91 Å². The molecule has 0 atom stereocenters. The van der Waals surface area contributed by atoms with Crippen LogP contribution in [0.4, 0.5) is 5.82 Å². The number of hydrogen-bond acceptors (Lipinski definition) is 5. The molecule has 0 aliphatic carbocycles. The number of benzene rings is 1. The first-order chi connectivity index (χ1) is 11.6. The van der Waals surface area contributed by atoms with E-state index in [1.54, 1.807) is 12.1 Å². The van der Waals surface area contributed by atoms with E-state index in [1.807, 2.05) is 43.3 Å². The summed E-state index contributed by atoms with van der Waals surface area (Å²) in [4.78, 5) is 17.0. The molecule has 5 nitrogen and oxygen atoms in total. The molecule has 6 heteroatoms. The number of nitrogens with one attached hydrogen (secondary N) is 1. The molecular weight excluding hydrogens is 322 g/mol. The van der Waals surface area contributed by atoms with E-state index in [1.165, 1.54) is 17.5 Å². The molecule has 1 aromatic carbocycles. The van der Waals surface area contributed by atoms with Crippen LogP contribution < -0.4 is 15.8 Å². The van der Waals surface area contributed by atoms with Gasteiger partial charge in [-0.25, -0.2) is 4.98 Å². The van der Waals surface area contributed by atoms with Gasteiger partial charge in [0.1, 0.15) is 11.6 Å². The van der Waals surface area contributed by atoms with E-state index in [-0.39, 0.29) is 5.91 Å². The van der Waals surface area contributed by atoms with Gasteiger partial charge in [-0.1, -0.05) is 12.1 Å². The van der Waals surface area contributed by atoms with Crippen LogP contribution in [0.15, 0.2) is 54.7 Å². The van der Waals surface area contributed by atoms with Crippen molar-refractivity contribution in [2.45, 2.75) is 13.5 Å². The van der Waals surface area contributed by atoms with Gasteiger partial charge in [0.05, 0.1) is 12.1 Å². The normalized spacial score (nSPS) is 10.4. The zero-order chi connectivity index (χ0) is 16.9. The smallest absolute Gasteiger partial charge is 0.253 e. The number of amides is 1. The third-order valence-corrected chi connectivity index (χ3v) is 4.28. The van der Waals surface area contributed by atoms with Gasteiger partial charge in [-0.3, -0.25) is 4.79 Å². The number of nitrogens with two attached hydrogens (primary N) is 1. The molecule has 0 saturated carbocycles. The monoisotopic (exact) mass is 339 g/mol. The van der Waals surface area contributed by atoms with E-state index in [4.69, 9.17) is 10.5 Å². The Kier molecular flexibility index (Phi) is 4.77. The van der Waals surface area contributed by atoms with E-state index in [9.17, 15) is 4.79 Å². The highest BCUT2D eigenvalue weighted by atomic mass is 32.1. The van der Waals surface area contributed by atoms with Gasteiger partial charge in [-0.15, -0.1) is 11.3 Å². The van der Waals surface area contributed by atoms with E-state index in [0.29, 0.717) is 17.9 Å². The van der Waals surface area contributed by atoms with Crippen molar-refractivity contribution in [2.75, 3.05) is 5.73 Å². The third kappa shape index (κ3) is 4.11. The van der Waals surface area contributed by atoms with Crippen LogP contribution in [-0.2, 0) is 6.54 Å². The second kappa shape index (κ2) is 7.14. The minimum atomic E-state index is -0.183. The molecule has 3 aromatic rings. The Morgan fingerprint density at radius 2 is 2.12 bits per heavy atom. The number of nitrogens with zero attached hydrogens (tertiary/aromatic N) is 1. The average Bonchev–Trinajstić information content (AvgIpc) is 3.01. The summed E-state index contributed by atoms with van der Waals surface area (Å²) in [5, 5.41) is 3.65. The summed E-state index contributed by atoms with van der Waals surface area (Å²) in [6, 6.07) is 15.0. The summed E-state index contributed by atoms with van der Waals surface area (Å²) in [5.41, 5.74) is 7.14. The van der Waals surface area contributed by atoms with Crippen molar-refractivity contribution in [3.8, 4) is 10.8 Å². The van der Waals surface area contributed by atoms with Crippen LogP contribution in [0, 0.1) is 6.92 Å². The largest absolute Gasteiger partial charge is 0.447 e. The molecule has 3 rings (SSSR count). The fraction of sp³-hybridized carbons (Fsp3) is 0.111. The molecule has 0 spiro atoms. The second-order valence-corrected chi connectivity index (χ2v) is 6.42. The van der Waals surface area contributed by atoms with Crippen LogP contribution in [0.5, 0.6) is 10.8 Å². The number of nitrogen functional groups attached to an aromatic ring is 1. The molecule has 0 saturated heterocycles. The standard InChI is InChI=1S/C18H17N3O2S/c1-12-3-2-4-14(9-12)23-17-8-6-15(24-17)11-21-18(22)13-5-7-16(19)20-10-13/h2-10H,11H2,1H3,(H2,19,20)(H,21,22). The molecule has 2 aromatic heterocycles. The topological polar surface area (TPSA) is 77.2 Å². The highest BCUT2D eigenvalue weighted by Gasteiger charge is 2.08. The van der Waals surface area contributed by atoms with Crippen molar-refractivity contribution in [1.29, 1.82) is 0 Å². The number of anilines is 1. The summed E-state index contributed by atoms with van der Waals surface area (Å²) in [6.07, 6.45) is 1.46.